The van der Waals surface area contributed by atoms with Gasteiger partial charge in [0.1, 0.15) is 12.4 Å². The van der Waals surface area contributed by atoms with Crippen molar-refractivity contribution >= 4 is 0 Å². The fourth-order valence-electron chi connectivity index (χ4n) is 2.37. The third-order valence-electron chi connectivity index (χ3n) is 3.70. The number of benzene rings is 1. The lowest BCUT2D eigenvalue weighted by Crippen LogP contribution is -2.21. The number of nitrogens with two attached hydrogens (primary N) is 1. The average molecular weight is 263 g/mol. The van der Waals surface area contributed by atoms with Crippen molar-refractivity contribution < 1.29 is 9.47 Å². The predicted molar refractivity (Wildman–Crippen MR) is 77.5 cm³/mol. The highest BCUT2D eigenvalue weighted by Crippen LogP contribution is 2.21. The predicted octanol–water partition coefficient (Wildman–Crippen LogP) is 2.91. The van der Waals surface area contributed by atoms with Gasteiger partial charge in [0.25, 0.3) is 0 Å². The van der Waals surface area contributed by atoms with Crippen molar-refractivity contribution in [1.82, 2.24) is 0 Å². The van der Waals surface area contributed by atoms with E-state index in [1.807, 2.05) is 12.1 Å². The number of hydrogen-bond acceptors (Lipinski definition) is 3. The van der Waals surface area contributed by atoms with Gasteiger partial charge in [0.05, 0.1) is 12.2 Å². The van der Waals surface area contributed by atoms with Crippen molar-refractivity contribution in [3.63, 3.8) is 0 Å². The lowest BCUT2D eigenvalue weighted by atomic mass is 10.0. The molecule has 1 heterocycles. The van der Waals surface area contributed by atoms with Crippen LogP contribution in [0.4, 0.5) is 0 Å². The van der Waals surface area contributed by atoms with Crippen molar-refractivity contribution in [2.75, 3.05) is 6.61 Å². The molecule has 1 aromatic carbocycles. The van der Waals surface area contributed by atoms with Crippen molar-refractivity contribution in [2.45, 2.75) is 57.8 Å². The van der Waals surface area contributed by atoms with E-state index in [1.165, 1.54) is 5.56 Å². The van der Waals surface area contributed by atoms with E-state index in [0.29, 0.717) is 12.7 Å². The molecule has 3 heteroatoms. The molecular formula is C16H25NO2. The molecule has 0 radical (unpaired) electrons. The molecule has 3 unspecified atom stereocenters. The van der Waals surface area contributed by atoms with Crippen LogP contribution >= 0.6 is 0 Å². The van der Waals surface area contributed by atoms with Gasteiger partial charge in [-0.2, -0.15) is 0 Å². The zero-order chi connectivity index (χ0) is 13.7. The van der Waals surface area contributed by atoms with Crippen molar-refractivity contribution in [3.05, 3.63) is 29.8 Å². The van der Waals surface area contributed by atoms with E-state index in [4.69, 9.17) is 15.2 Å². The van der Waals surface area contributed by atoms with E-state index in [9.17, 15) is 0 Å². The van der Waals surface area contributed by atoms with E-state index < -0.39 is 0 Å². The Morgan fingerprint density at radius 3 is 2.63 bits per heavy atom. The maximum absolute atomic E-state index is 5.95. The summed E-state index contributed by atoms with van der Waals surface area (Å²) in [6.45, 7) is 4.88. The molecule has 1 aliphatic rings. The van der Waals surface area contributed by atoms with Crippen LogP contribution in [0.3, 0.4) is 0 Å². The molecule has 0 spiro atoms. The van der Waals surface area contributed by atoms with Gasteiger partial charge >= 0.3 is 0 Å². The Morgan fingerprint density at radius 1 is 1.32 bits per heavy atom. The molecule has 2 rings (SSSR count). The Balaban J connectivity index is 1.78. The van der Waals surface area contributed by atoms with E-state index in [2.05, 4.69) is 26.0 Å². The minimum atomic E-state index is 0.250. The van der Waals surface area contributed by atoms with E-state index >= 15 is 0 Å². The van der Waals surface area contributed by atoms with Gasteiger partial charge in [-0.3, -0.25) is 0 Å². The number of ether oxygens (including phenoxy) is 2. The van der Waals surface area contributed by atoms with Crippen LogP contribution < -0.4 is 10.5 Å². The van der Waals surface area contributed by atoms with Crippen LogP contribution in [0, 0.1) is 0 Å². The highest BCUT2D eigenvalue weighted by Gasteiger charge is 2.22. The minimum absolute atomic E-state index is 0.250. The van der Waals surface area contributed by atoms with Gasteiger partial charge in [-0.15, -0.1) is 0 Å². The first-order valence-electron chi connectivity index (χ1n) is 7.30. The highest BCUT2D eigenvalue weighted by molar-refractivity contribution is 5.27. The summed E-state index contributed by atoms with van der Waals surface area (Å²) in [7, 11) is 0. The first-order valence-corrected chi connectivity index (χ1v) is 7.30. The molecule has 0 bridgehead atoms. The van der Waals surface area contributed by atoms with Crippen LogP contribution in [0.1, 0.15) is 38.7 Å². The van der Waals surface area contributed by atoms with Gasteiger partial charge in [-0.1, -0.05) is 19.1 Å². The molecule has 106 valence electrons. The molecule has 2 N–H and O–H groups in total. The standard InChI is InChI=1S/C16H25NO2/c1-3-14(17)10-13-5-8-15(9-6-13)18-11-16-7-4-12(2)19-16/h5-6,8-9,12,14,16H,3-4,7,10-11,17H2,1-2H3. The SMILES string of the molecule is CCC(N)Cc1ccc(OCC2CCC(C)O2)cc1. The van der Waals surface area contributed by atoms with Gasteiger partial charge in [0.15, 0.2) is 0 Å². The molecule has 3 nitrogen and oxygen atoms in total. The molecule has 19 heavy (non-hydrogen) atoms. The van der Waals surface area contributed by atoms with E-state index in [0.717, 1.165) is 31.4 Å². The van der Waals surface area contributed by atoms with Crippen molar-refractivity contribution in [2.24, 2.45) is 5.73 Å². The second-order valence-electron chi connectivity index (χ2n) is 5.47. The monoisotopic (exact) mass is 263 g/mol. The normalized spacial score (nSPS) is 24.4. The fourth-order valence-corrected chi connectivity index (χ4v) is 2.37. The molecule has 1 saturated heterocycles. The van der Waals surface area contributed by atoms with Crippen LogP contribution in [0.25, 0.3) is 0 Å². The summed E-state index contributed by atoms with van der Waals surface area (Å²) >= 11 is 0. The third kappa shape index (κ3) is 4.51. The van der Waals surface area contributed by atoms with Crippen molar-refractivity contribution in [3.8, 4) is 5.75 Å². The van der Waals surface area contributed by atoms with Crippen LogP contribution in [-0.4, -0.2) is 24.9 Å². The molecule has 1 aliphatic heterocycles. The number of rotatable bonds is 6. The molecular weight excluding hydrogens is 238 g/mol. The fraction of sp³-hybridized carbons (Fsp3) is 0.625. The zero-order valence-corrected chi connectivity index (χ0v) is 12.0. The van der Waals surface area contributed by atoms with Gasteiger partial charge in [0, 0.05) is 6.04 Å². The molecule has 0 aromatic heterocycles. The Bertz CT molecular complexity index is 377. The summed E-state index contributed by atoms with van der Waals surface area (Å²) in [5.41, 5.74) is 7.22. The minimum Gasteiger partial charge on any atom is -0.491 e. The second kappa shape index (κ2) is 6.92. The molecule has 0 amide bonds. The Kier molecular flexibility index (Phi) is 5.23. The Hall–Kier alpha value is -1.06. The Labute approximate surface area is 116 Å². The smallest absolute Gasteiger partial charge is 0.119 e. The molecule has 1 fully saturated rings. The molecule has 0 aliphatic carbocycles. The summed E-state index contributed by atoms with van der Waals surface area (Å²) in [5, 5.41) is 0. The molecule has 3 atom stereocenters. The summed E-state index contributed by atoms with van der Waals surface area (Å²) in [4.78, 5) is 0. The average Bonchev–Trinajstić information content (AvgIpc) is 2.83. The summed E-state index contributed by atoms with van der Waals surface area (Å²) < 4.78 is 11.5. The first-order chi connectivity index (χ1) is 9.17. The zero-order valence-electron chi connectivity index (χ0n) is 12.0. The lowest BCUT2D eigenvalue weighted by molar-refractivity contribution is 0.0264. The number of hydrogen-bond donors (Lipinski definition) is 1. The first kappa shape index (κ1) is 14.4. The summed E-state index contributed by atoms with van der Waals surface area (Å²) in [6.07, 6.45) is 4.82. The Morgan fingerprint density at radius 2 is 2.05 bits per heavy atom. The quantitative estimate of drug-likeness (QED) is 0.858. The van der Waals surface area contributed by atoms with Crippen LogP contribution in [0.15, 0.2) is 24.3 Å². The van der Waals surface area contributed by atoms with Gasteiger partial charge in [0.2, 0.25) is 0 Å². The van der Waals surface area contributed by atoms with Crippen LogP contribution in [0.5, 0.6) is 5.75 Å². The van der Waals surface area contributed by atoms with Gasteiger partial charge in [-0.25, -0.2) is 0 Å². The maximum atomic E-state index is 5.95. The lowest BCUT2D eigenvalue weighted by Gasteiger charge is -2.13. The van der Waals surface area contributed by atoms with Gasteiger partial charge in [-0.05, 0) is 50.3 Å². The highest BCUT2D eigenvalue weighted by atomic mass is 16.5. The maximum Gasteiger partial charge on any atom is 0.119 e. The topological polar surface area (TPSA) is 44.5 Å². The second-order valence-corrected chi connectivity index (χ2v) is 5.47. The summed E-state index contributed by atoms with van der Waals surface area (Å²) in [5.74, 6) is 0.914. The largest absolute Gasteiger partial charge is 0.491 e. The van der Waals surface area contributed by atoms with Gasteiger partial charge < -0.3 is 15.2 Å². The molecule has 0 saturated carbocycles. The van der Waals surface area contributed by atoms with Crippen molar-refractivity contribution in [1.29, 1.82) is 0 Å². The third-order valence-corrected chi connectivity index (χ3v) is 3.70. The van der Waals surface area contributed by atoms with E-state index in [1.54, 1.807) is 0 Å². The van der Waals surface area contributed by atoms with Crippen LogP contribution in [0.2, 0.25) is 0 Å². The van der Waals surface area contributed by atoms with E-state index in [-0.39, 0.29) is 12.1 Å². The molecule has 1 aromatic rings. The summed E-state index contributed by atoms with van der Waals surface area (Å²) in [6, 6.07) is 8.50. The van der Waals surface area contributed by atoms with Crippen LogP contribution in [-0.2, 0) is 11.2 Å².